The molecular weight excluding hydrogens is 218 g/mol. The maximum absolute atomic E-state index is 11.4. The number of hydrogen-bond acceptors (Lipinski definition) is 5. The van der Waals surface area contributed by atoms with Crippen molar-refractivity contribution < 1.29 is 9.53 Å². The molecular formula is C12H9N3O2. The van der Waals surface area contributed by atoms with Crippen molar-refractivity contribution in [3.05, 3.63) is 47.9 Å². The van der Waals surface area contributed by atoms with E-state index in [1.165, 1.54) is 0 Å². The Hall–Kier alpha value is -2.43. The highest BCUT2D eigenvalue weighted by Gasteiger charge is 2.20. The summed E-state index contributed by atoms with van der Waals surface area (Å²) in [6.07, 6.45) is 4.82. The molecule has 1 aromatic carbocycles. The monoisotopic (exact) mass is 227 g/mol. The molecule has 17 heavy (non-hydrogen) atoms. The zero-order valence-electron chi connectivity index (χ0n) is 8.88. The number of nitrogens with one attached hydrogen (secondary N) is 1. The van der Waals surface area contributed by atoms with Gasteiger partial charge in [-0.05, 0) is 12.1 Å². The van der Waals surface area contributed by atoms with Gasteiger partial charge in [0.05, 0.1) is 11.8 Å². The molecule has 0 amide bonds. The number of aromatic nitrogens is 2. The molecule has 0 saturated heterocycles. The molecule has 5 heteroatoms. The van der Waals surface area contributed by atoms with Crippen molar-refractivity contribution in [1.29, 1.82) is 0 Å². The Balaban J connectivity index is 1.90. The average molecular weight is 227 g/mol. The topological polar surface area (TPSA) is 64.1 Å². The highest BCUT2D eigenvalue weighted by molar-refractivity contribution is 5.94. The summed E-state index contributed by atoms with van der Waals surface area (Å²) < 4.78 is 4.93. The molecule has 0 atom stereocenters. The Bertz CT molecular complexity index is 569. The van der Waals surface area contributed by atoms with Gasteiger partial charge < -0.3 is 10.1 Å². The lowest BCUT2D eigenvalue weighted by molar-refractivity contribution is 0.0535. The molecule has 2 heterocycles. The summed E-state index contributed by atoms with van der Waals surface area (Å²) in [5.74, 6) is 0.363. The van der Waals surface area contributed by atoms with Crippen molar-refractivity contribution in [1.82, 2.24) is 9.97 Å². The highest BCUT2D eigenvalue weighted by atomic mass is 16.5. The number of rotatable bonds is 2. The fraction of sp³-hybridized carbons (Fsp3) is 0.0833. The first-order chi connectivity index (χ1) is 8.33. The van der Waals surface area contributed by atoms with Crippen LogP contribution in [0.4, 0.5) is 11.5 Å². The molecule has 0 bridgehead atoms. The first-order valence-corrected chi connectivity index (χ1v) is 5.16. The number of nitrogens with zero attached hydrogens (tertiary/aromatic N) is 2. The third kappa shape index (κ3) is 1.82. The van der Waals surface area contributed by atoms with Crippen LogP contribution in [-0.2, 0) is 11.3 Å². The van der Waals surface area contributed by atoms with E-state index in [0.717, 1.165) is 11.3 Å². The van der Waals surface area contributed by atoms with Gasteiger partial charge in [0.15, 0.2) is 0 Å². The van der Waals surface area contributed by atoms with Crippen LogP contribution in [0.1, 0.15) is 15.9 Å². The zero-order valence-corrected chi connectivity index (χ0v) is 8.88. The van der Waals surface area contributed by atoms with E-state index in [1.54, 1.807) is 24.7 Å². The van der Waals surface area contributed by atoms with Gasteiger partial charge in [0.25, 0.3) is 0 Å². The molecule has 0 unspecified atom stereocenters. The van der Waals surface area contributed by atoms with Gasteiger partial charge in [-0.2, -0.15) is 0 Å². The predicted molar refractivity (Wildman–Crippen MR) is 60.9 cm³/mol. The van der Waals surface area contributed by atoms with Crippen LogP contribution >= 0.6 is 0 Å². The van der Waals surface area contributed by atoms with Gasteiger partial charge in [-0.15, -0.1) is 0 Å². The number of esters is 1. The molecule has 1 aromatic heterocycles. The molecule has 0 aliphatic carbocycles. The number of anilines is 2. The Morgan fingerprint density at radius 2 is 2.24 bits per heavy atom. The molecule has 5 nitrogen and oxygen atoms in total. The third-order valence-electron chi connectivity index (χ3n) is 2.52. The van der Waals surface area contributed by atoms with Gasteiger partial charge in [-0.25, -0.2) is 9.78 Å². The Morgan fingerprint density at radius 3 is 3.06 bits per heavy atom. The van der Waals surface area contributed by atoms with Crippen LogP contribution < -0.4 is 5.32 Å². The molecule has 0 fully saturated rings. The van der Waals surface area contributed by atoms with E-state index in [-0.39, 0.29) is 5.97 Å². The first-order valence-electron chi connectivity index (χ1n) is 5.16. The summed E-state index contributed by atoms with van der Waals surface area (Å²) in [6, 6.07) is 5.52. The van der Waals surface area contributed by atoms with E-state index >= 15 is 0 Å². The van der Waals surface area contributed by atoms with Gasteiger partial charge in [0, 0.05) is 23.6 Å². The van der Waals surface area contributed by atoms with E-state index in [0.29, 0.717) is 18.0 Å². The molecule has 1 aliphatic rings. The molecule has 3 rings (SSSR count). The normalized spacial score (nSPS) is 13.1. The number of benzene rings is 1. The van der Waals surface area contributed by atoms with Crippen molar-refractivity contribution in [2.24, 2.45) is 0 Å². The average Bonchev–Trinajstić information content (AvgIpc) is 2.73. The lowest BCUT2D eigenvalue weighted by Crippen LogP contribution is -1.97. The Morgan fingerprint density at radius 1 is 1.29 bits per heavy atom. The van der Waals surface area contributed by atoms with Crippen molar-refractivity contribution in [3.8, 4) is 0 Å². The van der Waals surface area contributed by atoms with Gasteiger partial charge in [0.2, 0.25) is 0 Å². The maximum Gasteiger partial charge on any atom is 0.338 e. The second-order valence-electron chi connectivity index (χ2n) is 3.66. The fourth-order valence-electron chi connectivity index (χ4n) is 1.70. The van der Waals surface area contributed by atoms with Gasteiger partial charge in [-0.3, -0.25) is 4.98 Å². The molecule has 0 saturated carbocycles. The lowest BCUT2D eigenvalue weighted by atomic mass is 10.1. The third-order valence-corrected chi connectivity index (χ3v) is 2.52. The lowest BCUT2D eigenvalue weighted by Gasteiger charge is -2.05. The summed E-state index contributed by atoms with van der Waals surface area (Å²) in [6.45, 7) is 0.361. The minimum atomic E-state index is -0.275. The minimum absolute atomic E-state index is 0.275. The number of ether oxygens (including phenoxy) is 1. The zero-order chi connectivity index (χ0) is 11.7. The molecule has 1 aliphatic heterocycles. The van der Waals surface area contributed by atoms with Crippen LogP contribution in [0, 0.1) is 0 Å². The Kier molecular flexibility index (Phi) is 2.22. The predicted octanol–water partition coefficient (Wildman–Crippen LogP) is 1.89. The smallest absolute Gasteiger partial charge is 0.338 e. The SMILES string of the molecule is O=C1OCc2ccc(Nc3cnccn3)cc21. The summed E-state index contributed by atoms with van der Waals surface area (Å²) in [7, 11) is 0. The van der Waals surface area contributed by atoms with Crippen LogP contribution in [0.2, 0.25) is 0 Å². The van der Waals surface area contributed by atoms with E-state index in [9.17, 15) is 4.79 Å². The standard InChI is InChI=1S/C12H9N3O2/c16-12-10-5-9(2-1-8(10)7-17-12)15-11-6-13-3-4-14-11/h1-6H,7H2,(H,14,15). The van der Waals surface area contributed by atoms with E-state index in [2.05, 4.69) is 15.3 Å². The van der Waals surface area contributed by atoms with E-state index in [1.807, 2.05) is 12.1 Å². The van der Waals surface area contributed by atoms with Gasteiger partial charge in [-0.1, -0.05) is 6.07 Å². The Labute approximate surface area is 97.5 Å². The molecule has 1 N–H and O–H groups in total. The molecule has 0 spiro atoms. The largest absolute Gasteiger partial charge is 0.457 e. The molecule has 2 aromatic rings. The van der Waals surface area contributed by atoms with Crippen molar-refractivity contribution >= 4 is 17.5 Å². The second kappa shape index (κ2) is 3.86. The van der Waals surface area contributed by atoms with Crippen LogP contribution in [-0.4, -0.2) is 15.9 Å². The number of hydrogen-bond donors (Lipinski definition) is 1. The number of cyclic esters (lactones) is 1. The van der Waals surface area contributed by atoms with E-state index < -0.39 is 0 Å². The first kappa shape index (κ1) is 9.77. The minimum Gasteiger partial charge on any atom is -0.457 e. The van der Waals surface area contributed by atoms with E-state index in [4.69, 9.17) is 4.74 Å². The van der Waals surface area contributed by atoms with Gasteiger partial charge >= 0.3 is 5.97 Å². The van der Waals surface area contributed by atoms with Crippen LogP contribution in [0.25, 0.3) is 0 Å². The number of carbonyl (C=O) groups excluding carboxylic acids is 1. The fourth-order valence-corrected chi connectivity index (χ4v) is 1.70. The summed E-state index contributed by atoms with van der Waals surface area (Å²) in [5.41, 5.74) is 2.32. The number of carbonyl (C=O) groups is 1. The van der Waals surface area contributed by atoms with Crippen LogP contribution in [0.5, 0.6) is 0 Å². The molecule has 84 valence electrons. The quantitative estimate of drug-likeness (QED) is 0.794. The molecule has 0 radical (unpaired) electrons. The highest BCUT2D eigenvalue weighted by Crippen LogP contribution is 2.24. The van der Waals surface area contributed by atoms with Crippen molar-refractivity contribution in [2.75, 3.05) is 5.32 Å². The number of fused-ring (bicyclic) bond motifs is 1. The second-order valence-corrected chi connectivity index (χ2v) is 3.66. The van der Waals surface area contributed by atoms with Crippen LogP contribution in [0.15, 0.2) is 36.8 Å². The van der Waals surface area contributed by atoms with Gasteiger partial charge in [0.1, 0.15) is 12.4 Å². The van der Waals surface area contributed by atoms with Crippen molar-refractivity contribution in [3.63, 3.8) is 0 Å². The maximum atomic E-state index is 11.4. The van der Waals surface area contributed by atoms with Crippen LogP contribution in [0.3, 0.4) is 0 Å². The summed E-state index contributed by atoms with van der Waals surface area (Å²) in [4.78, 5) is 19.4. The van der Waals surface area contributed by atoms with Crippen molar-refractivity contribution in [2.45, 2.75) is 6.61 Å². The summed E-state index contributed by atoms with van der Waals surface area (Å²) >= 11 is 0. The summed E-state index contributed by atoms with van der Waals surface area (Å²) in [5, 5.41) is 3.07.